The predicted octanol–water partition coefficient (Wildman–Crippen LogP) is 6.28. The van der Waals surface area contributed by atoms with Crippen molar-refractivity contribution in [3.63, 3.8) is 0 Å². The fourth-order valence-corrected chi connectivity index (χ4v) is 2.28. The van der Waals surface area contributed by atoms with Gasteiger partial charge in [-0.15, -0.1) is 11.3 Å². The molecule has 0 saturated carbocycles. The molecule has 0 aliphatic heterocycles. The summed E-state index contributed by atoms with van der Waals surface area (Å²) < 4.78 is 5.25. The molecule has 0 spiro atoms. The Bertz CT molecular complexity index is 393. The maximum absolute atomic E-state index is 3.88. The molecular formula is C9H7Br3OPS. The summed E-state index contributed by atoms with van der Waals surface area (Å²) in [7, 11) is 0. The lowest BCUT2D eigenvalue weighted by Crippen LogP contribution is -1.73. The van der Waals surface area contributed by atoms with E-state index >= 15 is 0 Å². The van der Waals surface area contributed by atoms with Crippen molar-refractivity contribution in [1.82, 2.24) is 0 Å². The van der Waals surface area contributed by atoms with Crippen molar-refractivity contribution in [2.24, 2.45) is 0 Å². The van der Waals surface area contributed by atoms with E-state index in [0.29, 0.717) is 0 Å². The minimum atomic E-state index is 0. The van der Waals surface area contributed by atoms with Crippen LogP contribution >= 0.6 is 69.7 Å². The first-order chi connectivity index (χ1) is 6.81. The number of alkyl halides is 1. The van der Waals surface area contributed by atoms with Crippen LogP contribution in [0.3, 0.4) is 0 Å². The summed E-state index contributed by atoms with van der Waals surface area (Å²) in [6.07, 6.45) is 0. The molecule has 0 fully saturated rings. The molecule has 0 aliphatic rings. The maximum Gasteiger partial charge on any atom is 0.115 e. The van der Waals surface area contributed by atoms with Gasteiger partial charge < -0.3 is 0 Å². The van der Waals surface area contributed by atoms with Gasteiger partial charge in [0.25, 0.3) is 0 Å². The largest absolute Gasteiger partial charge is 0.230 e. The Kier molecular flexibility index (Phi) is 9.69. The highest BCUT2D eigenvalue weighted by Crippen LogP contribution is 2.22. The van der Waals surface area contributed by atoms with Crippen LogP contribution in [0.5, 0.6) is 0 Å². The van der Waals surface area contributed by atoms with Gasteiger partial charge in [-0.25, -0.2) is 2.92 Å². The summed E-state index contributed by atoms with van der Waals surface area (Å²) in [5.41, 5.74) is 1.35. The summed E-state index contributed by atoms with van der Waals surface area (Å²) in [6, 6.07) is 8.71. The van der Waals surface area contributed by atoms with Crippen molar-refractivity contribution in [1.29, 1.82) is 0 Å². The van der Waals surface area contributed by atoms with Crippen LogP contribution in [0.25, 0.3) is 10.1 Å². The van der Waals surface area contributed by atoms with Crippen molar-refractivity contribution in [3.8, 4) is 0 Å². The molecule has 0 amide bonds. The third-order valence-corrected chi connectivity index (χ3v) is 3.20. The molecule has 3 radical (unpaired) electrons. The van der Waals surface area contributed by atoms with Crippen LogP contribution in [0.1, 0.15) is 5.56 Å². The highest BCUT2D eigenvalue weighted by Gasteiger charge is 1.94. The number of fused-ring (bicyclic) bond motifs is 1. The van der Waals surface area contributed by atoms with Crippen LogP contribution in [-0.4, -0.2) is 0 Å². The number of halogens is 3. The molecule has 15 heavy (non-hydrogen) atoms. The zero-order chi connectivity index (χ0) is 10.4. The van der Waals surface area contributed by atoms with Crippen molar-refractivity contribution in [2.75, 3.05) is 0 Å². The lowest BCUT2D eigenvalue weighted by molar-refractivity contribution is 0.838. The standard InChI is InChI=1S/C9H7BrS.Br2O.P/c10-6-7-1-2-8-3-4-11-9(8)5-7;1-3-2;/h1-5H,6H2;;. The molecule has 81 valence electrons. The van der Waals surface area contributed by atoms with Gasteiger partial charge in [-0.1, -0.05) is 28.1 Å². The van der Waals surface area contributed by atoms with E-state index < -0.39 is 0 Å². The van der Waals surface area contributed by atoms with E-state index in [0.717, 1.165) is 5.33 Å². The Labute approximate surface area is 122 Å². The Morgan fingerprint density at radius 2 is 1.87 bits per heavy atom. The van der Waals surface area contributed by atoms with E-state index in [1.165, 1.54) is 15.6 Å². The highest BCUT2D eigenvalue weighted by molar-refractivity contribution is 9.18. The number of thiophene rings is 1. The Morgan fingerprint density at radius 3 is 2.47 bits per heavy atom. The molecule has 1 heterocycles. The lowest BCUT2D eigenvalue weighted by Gasteiger charge is -1.93. The summed E-state index contributed by atoms with van der Waals surface area (Å²) in [5.74, 6) is 0. The molecule has 2 rings (SSSR count). The fraction of sp³-hybridized carbons (Fsp3) is 0.111. The van der Waals surface area contributed by atoms with Gasteiger partial charge in [0, 0.05) is 19.9 Å². The van der Waals surface area contributed by atoms with Gasteiger partial charge in [0.15, 0.2) is 0 Å². The van der Waals surface area contributed by atoms with Crippen molar-refractivity contribution in [3.05, 3.63) is 35.2 Å². The third-order valence-electron chi connectivity index (χ3n) is 1.67. The predicted molar refractivity (Wildman–Crippen MR) is 80.3 cm³/mol. The smallest absolute Gasteiger partial charge is 0.115 e. The number of rotatable bonds is 1. The summed E-state index contributed by atoms with van der Waals surface area (Å²) in [4.78, 5) is 0. The molecule has 0 unspecified atom stereocenters. The van der Waals surface area contributed by atoms with Gasteiger partial charge in [-0.3, -0.25) is 0 Å². The third kappa shape index (κ3) is 5.24. The van der Waals surface area contributed by atoms with Crippen molar-refractivity contribution < 1.29 is 2.92 Å². The average molecular weight is 434 g/mol. The zero-order valence-corrected chi connectivity index (χ0v) is 14.0. The molecule has 0 bridgehead atoms. The lowest BCUT2D eigenvalue weighted by atomic mass is 10.2. The van der Waals surface area contributed by atoms with E-state index in [2.05, 4.69) is 81.0 Å². The molecule has 6 heteroatoms. The van der Waals surface area contributed by atoms with E-state index in [1.807, 2.05) is 0 Å². The van der Waals surface area contributed by atoms with Crippen molar-refractivity contribution >= 4 is 79.8 Å². The van der Waals surface area contributed by atoms with E-state index in [4.69, 9.17) is 0 Å². The van der Waals surface area contributed by atoms with Crippen LogP contribution in [0.4, 0.5) is 0 Å². The molecule has 0 atom stereocenters. The van der Waals surface area contributed by atoms with Crippen molar-refractivity contribution in [2.45, 2.75) is 5.33 Å². The minimum Gasteiger partial charge on any atom is -0.230 e. The molecule has 0 N–H and O–H groups in total. The van der Waals surface area contributed by atoms with Gasteiger partial charge in [0.2, 0.25) is 0 Å². The Morgan fingerprint density at radius 1 is 1.20 bits per heavy atom. The monoisotopic (exact) mass is 431 g/mol. The maximum atomic E-state index is 3.88. The summed E-state index contributed by atoms with van der Waals surface area (Å²) in [5, 5.41) is 4.42. The molecule has 2 aromatic rings. The molecule has 1 aromatic carbocycles. The molecule has 0 saturated heterocycles. The second kappa shape index (κ2) is 9.08. The second-order valence-corrected chi connectivity index (χ2v) is 5.51. The average Bonchev–Trinajstić information content (AvgIpc) is 2.65. The van der Waals surface area contributed by atoms with Crippen LogP contribution in [0, 0.1) is 0 Å². The first-order valence-corrected chi connectivity index (χ1v) is 7.03. The van der Waals surface area contributed by atoms with E-state index in [9.17, 15) is 0 Å². The fourth-order valence-electron chi connectivity index (χ4n) is 1.08. The normalized spacial score (nSPS) is 9.00. The van der Waals surface area contributed by atoms with Gasteiger partial charge >= 0.3 is 0 Å². The molecule has 1 nitrogen and oxygen atoms in total. The quantitative estimate of drug-likeness (QED) is 0.380. The van der Waals surface area contributed by atoms with Gasteiger partial charge in [0.05, 0.1) is 0 Å². The molecular weight excluding hydrogens is 427 g/mol. The molecule has 1 aromatic heterocycles. The summed E-state index contributed by atoms with van der Waals surface area (Å²) >= 11 is 10.4. The van der Waals surface area contributed by atoms with Crippen LogP contribution in [0.15, 0.2) is 29.6 Å². The zero-order valence-electron chi connectivity index (χ0n) is 7.49. The summed E-state index contributed by atoms with van der Waals surface area (Å²) in [6.45, 7) is 0. The first kappa shape index (κ1) is 16.0. The van der Waals surface area contributed by atoms with Crippen LogP contribution in [-0.2, 0) is 8.25 Å². The number of hydrogen-bond donors (Lipinski definition) is 0. The van der Waals surface area contributed by atoms with Gasteiger partial charge in [0.1, 0.15) is 32.5 Å². The minimum absolute atomic E-state index is 0. The Hall–Kier alpha value is 1.01. The topological polar surface area (TPSA) is 9.23 Å². The highest BCUT2D eigenvalue weighted by atomic mass is 79.9. The first-order valence-electron chi connectivity index (χ1n) is 3.73. The Balaban J connectivity index is 0.000000443. The second-order valence-electron chi connectivity index (χ2n) is 2.48. The molecule has 0 aliphatic carbocycles. The van der Waals surface area contributed by atoms with Gasteiger partial charge in [-0.2, -0.15) is 0 Å². The van der Waals surface area contributed by atoms with Crippen LogP contribution in [0.2, 0.25) is 0 Å². The van der Waals surface area contributed by atoms with Crippen LogP contribution < -0.4 is 0 Å². The SMILES string of the molecule is BrCc1ccc2ccsc2c1.BrOBr.[P]. The number of hydrogen-bond acceptors (Lipinski definition) is 2. The number of benzene rings is 1. The van der Waals surface area contributed by atoms with E-state index in [1.54, 1.807) is 11.3 Å². The van der Waals surface area contributed by atoms with E-state index in [-0.39, 0.29) is 9.90 Å². The van der Waals surface area contributed by atoms with Gasteiger partial charge in [-0.05, 0) is 28.5 Å².